The molecule has 82 heavy (non-hydrogen) atoms. The highest BCUT2D eigenvalue weighted by atomic mass is 32.3. The summed E-state index contributed by atoms with van der Waals surface area (Å²) in [5.41, 5.74) is 0. The number of rotatable bonds is 50. The van der Waals surface area contributed by atoms with Gasteiger partial charge in [0.05, 0.1) is 25.2 Å². The van der Waals surface area contributed by atoms with E-state index in [1.165, 1.54) is 141 Å². The Kier molecular flexibility index (Phi) is 41.8. The molecule has 486 valence electrons. The summed E-state index contributed by atoms with van der Waals surface area (Å²) in [4.78, 5) is 27.7. The second-order valence-corrected chi connectivity index (χ2v) is 26.7. The number of esters is 2. The molecule has 17 atom stereocenters. The lowest BCUT2D eigenvalue weighted by molar-refractivity contribution is -0.374. The summed E-state index contributed by atoms with van der Waals surface area (Å²) >= 11 is 0. The quantitative estimate of drug-likeness (QED) is 0.0170. The molecule has 0 radical (unpaired) electrons. The number of carbonyl (C=O) groups is 2. The largest absolute Gasteiger partial charge is 0.455 e. The molecule has 7 N–H and O–H groups in total. The Labute approximate surface area is 497 Å². The van der Waals surface area contributed by atoms with E-state index in [1.807, 2.05) is 0 Å². The van der Waals surface area contributed by atoms with E-state index in [9.17, 15) is 53.2 Å². The average Bonchev–Trinajstić information content (AvgIpc) is 3.50. The van der Waals surface area contributed by atoms with E-state index in [0.29, 0.717) is 30.6 Å². The van der Waals surface area contributed by atoms with Gasteiger partial charge in [-0.1, -0.05) is 229 Å². The van der Waals surface area contributed by atoms with Crippen LogP contribution in [0.3, 0.4) is 0 Å². The van der Waals surface area contributed by atoms with Gasteiger partial charge >= 0.3 is 22.3 Å². The molecule has 2 rings (SSSR count). The van der Waals surface area contributed by atoms with Crippen molar-refractivity contribution >= 4 is 22.3 Å². The fraction of sp³-hybridized carbons (Fsp3) is 0.969. The fourth-order valence-electron chi connectivity index (χ4n) is 12.6. The lowest BCUT2D eigenvalue weighted by atomic mass is 9.81. The molecule has 2 aliphatic rings. The summed E-state index contributed by atoms with van der Waals surface area (Å²) in [5, 5.41) is 64.3. The lowest BCUT2D eigenvalue weighted by Gasteiger charge is -2.46. The van der Waals surface area contributed by atoms with E-state index in [2.05, 4.69) is 52.6 Å². The van der Waals surface area contributed by atoms with Crippen LogP contribution in [-0.4, -0.2) is 136 Å². The van der Waals surface area contributed by atoms with Gasteiger partial charge in [0.2, 0.25) is 6.29 Å². The zero-order valence-electron chi connectivity index (χ0n) is 52.6. The minimum absolute atomic E-state index is 0.0258. The fourth-order valence-corrected chi connectivity index (χ4v) is 13.1. The third kappa shape index (κ3) is 33.0. The number of hydrogen-bond acceptors (Lipinski definition) is 16. The first-order chi connectivity index (χ1) is 39.1. The van der Waals surface area contributed by atoms with Gasteiger partial charge in [0.15, 0.2) is 24.6 Å². The van der Waals surface area contributed by atoms with Crippen LogP contribution in [-0.2, 0) is 47.9 Å². The molecule has 0 saturated carbocycles. The van der Waals surface area contributed by atoms with E-state index >= 15 is 0 Å². The van der Waals surface area contributed by atoms with Gasteiger partial charge in [-0.05, 0) is 74.5 Å². The Morgan fingerprint density at radius 1 is 0.476 bits per heavy atom. The van der Waals surface area contributed by atoms with Crippen LogP contribution < -0.4 is 0 Å². The number of ether oxygens (including phenoxy) is 5. The molecule has 0 aromatic heterocycles. The molecule has 0 amide bonds. The molecule has 0 spiro atoms. The molecule has 0 aromatic rings. The molecule has 0 aliphatic carbocycles. The molecule has 2 heterocycles. The Balaban J connectivity index is 2.01. The van der Waals surface area contributed by atoms with Gasteiger partial charge in [0, 0.05) is 6.42 Å². The maximum Gasteiger partial charge on any atom is 0.397 e. The summed E-state index contributed by atoms with van der Waals surface area (Å²) in [7, 11) is -5.33. The van der Waals surface area contributed by atoms with Crippen LogP contribution in [0.4, 0.5) is 0 Å². The third-order valence-corrected chi connectivity index (χ3v) is 17.7. The number of carbonyl (C=O) groups excluding carboxylic acids is 2. The third-order valence-electron chi connectivity index (χ3n) is 17.2. The maximum atomic E-state index is 14.1. The van der Waals surface area contributed by atoms with Gasteiger partial charge in [-0.15, -0.1) is 0 Å². The van der Waals surface area contributed by atoms with Crippen molar-refractivity contribution in [2.45, 2.75) is 348 Å². The van der Waals surface area contributed by atoms with Crippen LogP contribution in [0.25, 0.3) is 0 Å². The minimum atomic E-state index is -5.33. The highest BCUT2D eigenvalue weighted by Crippen LogP contribution is 2.35. The highest BCUT2D eigenvalue weighted by molar-refractivity contribution is 7.80. The van der Waals surface area contributed by atoms with Crippen molar-refractivity contribution < 1.29 is 81.1 Å². The predicted octanol–water partition coefficient (Wildman–Crippen LogP) is 12.4. The van der Waals surface area contributed by atoms with E-state index in [1.54, 1.807) is 6.92 Å². The van der Waals surface area contributed by atoms with Crippen LogP contribution in [0, 0.1) is 35.5 Å². The second kappa shape index (κ2) is 44.8. The van der Waals surface area contributed by atoms with Crippen LogP contribution in [0.2, 0.25) is 0 Å². The topological polar surface area (TPSA) is 265 Å². The molecule has 17 unspecified atom stereocenters. The Morgan fingerprint density at radius 2 is 0.854 bits per heavy atom. The van der Waals surface area contributed by atoms with Crippen molar-refractivity contribution in [1.29, 1.82) is 0 Å². The van der Waals surface area contributed by atoms with E-state index in [4.69, 9.17) is 23.7 Å². The molecular formula is C64H122O17S. The van der Waals surface area contributed by atoms with Crippen molar-refractivity contribution in [3.63, 3.8) is 0 Å². The molecule has 0 bridgehead atoms. The van der Waals surface area contributed by atoms with Crippen LogP contribution in [0.1, 0.15) is 280 Å². The summed E-state index contributed by atoms with van der Waals surface area (Å²) in [5.74, 6) is -0.638. The summed E-state index contributed by atoms with van der Waals surface area (Å²) < 4.78 is 67.4. The smallest absolute Gasteiger partial charge is 0.397 e. The molecule has 0 aromatic carbocycles. The van der Waals surface area contributed by atoms with Crippen molar-refractivity contribution in [2.24, 2.45) is 35.5 Å². The molecule has 2 fully saturated rings. The lowest BCUT2D eigenvalue weighted by Crippen LogP contribution is -2.65. The van der Waals surface area contributed by atoms with Gasteiger partial charge < -0.3 is 54.3 Å². The Hall–Kier alpha value is -1.55. The summed E-state index contributed by atoms with van der Waals surface area (Å²) in [6.45, 7) is 15.5. The van der Waals surface area contributed by atoms with E-state index in [-0.39, 0.29) is 24.4 Å². The zero-order valence-corrected chi connectivity index (χ0v) is 53.4. The summed E-state index contributed by atoms with van der Waals surface area (Å²) in [6, 6.07) is 0. The SMILES string of the molecule is CCCCCCCCCCCCCCCCCC(=O)OC1C(O)C(CO)OC(OC2OC(CO)C(O)C(O)C2OS(=O)(=O)O)C1OC(=O)C(C)CC(C)CC(C)CC(C)CC(C)CC(C)C(O)CCCCCCCCCCCCCCC. The van der Waals surface area contributed by atoms with Gasteiger partial charge in [0.25, 0.3) is 0 Å². The standard InChI is InChI=1S/C64H122O17S/c1-9-11-13-15-17-19-21-23-24-26-28-30-32-34-36-38-55(68)78-59-57(70)54(45-66)77-64(80-63-60(81-82(73,74)75)58(71)56(69)53(44-65)76-63)61(59)79-62(72)51(8)43-49(6)41-47(4)39-46(3)40-48(5)42-50(7)52(67)37-35-33-31-29-27-25-22-20-18-16-14-12-10-2/h46-54,56-61,63-67,69-71H,9-45H2,1-8H3,(H,73,74,75). The molecule has 17 nitrogen and oxygen atoms in total. The average molecular weight is 1200 g/mol. The van der Waals surface area contributed by atoms with E-state index in [0.717, 1.165) is 64.2 Å². The second-order valence-electron chi connectivity index (χ2n) is 25.7. The van der Waals surface area contributed by atoms with Crippen molar-refractivity contribution in [3.8, 4) is 0 Å². The summed E-state index contributed by atoms with van der Waals surface area (Å²) in [6.07, 6.45) is 20.5. The first kappa shape index (κ1) is 76.5. The van der Waals surface area contributed by atoms with Crippen molar-refractivity contribution in [2.75, 3.05) is 13.2 Å². The highest BCUT2D eigenvalue weighted by Gasteiger charge is 2.55. The first-order valence-electron chi connectivity index (χ1n) is 33.1. The number of unbranched alkanes of at least 4 members (excludes halogenated alkanes) is 26. The maximum absolute atomic E-state index is 14.1. The molecule has 2 saturated heterocycles. The molecular weight excluding hydrogens is 1070 g/mol. The molecule has 2 aliphatic heterocycles. The predicted molar refractivity (Wildman–Crippen MR) is 321 cm³/mol. The Bertz CT molecular complexity index is 1710. The van der Waals surface area contributed by atoms with Crippen LogP contribution in [0.5, 0.6) is 0 Å². The normalized spacial score (nSPS) is 25.9. The molecule has 18 heteroatoms. The first-order valence-corrected chi connectivity index (χ1v) is 34.5. The van der Waals surface area contributed by atoms with Crippen molar-refractivity contribution in [3.05, 3.63) is 0 Å². The number of hydrogen-bond donors (Lipinski definition) is 7. The van der Waals surface area contributed by atoms with Crippen LogP contribution >= 0.6 is 0 Å². The van der Waals surface area contributed by atoms with Gasteiger partial charge in [0.1, 0.15) is 30.5 Å². The monoisotopic (exact) mass is 1190 g/mol. The van der Waals surface area contributed by atoms with Gasteiger partial charge in [-0.3, -0.25) is 14.1 Å². The number of aliphatic hydroxyl groups excluding tert-OH is 6. The van der Waals surface area contributed by atoms with Crippen LogP contribution in [0.15, 0.2) is 0 Å². The van der Waals surface area contributed by atoms with Gasteiger partial charge in [-0.2, -0.15) is 8.42 Å². The minimum Gasteiger partial charge on any atom is -0.455 e. The van der Waals surface area contributed by atoms with Gasteiger partial charge in [-0.25, -0.2) is 4.18 Å². The van der Waals surface area contributed by atoms with E-state index < -0.39 is 103 Å². The zero-order chi connectivity index (χ0) is 60.9. The van der Waals surface area contributed by atoms with Crippen molar-refractivity contribution in [1.82, 2.24) is 0 Å². The number of aliphatic hydroxyl groups is 6. The Morgan fingerprint density at radius 3 is 1.28 bits per heavy atom.